The third-order valence-corrected chi connectivity index (χ3v) is 4.45. The van der Waals surface area contributed by atoms with E-state index in [2.05, 4.69) is 5.32 Å². The summed E-state index contributed by atoms with van der Waals surface area (Å²) in [7, 11) is 3.20. The molecule has 5 heteroatoms. The molecule has 0 radical (unpaired) electrons. The van der Waals surface area contributed by atoms with Crippen LogP contribution < -0.4 is 14.8 Å². The molecule has 0 saturated heterocycles. The largest absolute Gasteiger partial charge is 0.493 e. The molecule has 0 aliphatic rings. The smallest absolute Gasteiger partial charge is 0.233 e. The van der Waals surface area contributed by atoms with Crippen molar-refractivity contribution in [3.05, 3.63) is 54.1 Å². The zero-order valence-corrected chi connectivity index (χ0v) is 14.4. The van der Waals surface area contributed by atoms with Crippen molar-refractivity contribution in [1.82, 2.24) is 5.32 Å². The van der Waals surface area contributed by atoms with Gasteiger partial charge in [0.2, 0.25) is 5.91 Å². The number of nitrogens with one attached hydrogen (secondary N) is 1. The third kappa shape index (κ3) is 4.93. The van der Waals surface area contributed by atoms with Gasteiger partial charge in [-0.1, -0.05) is 24.3 Å². The molecule has 0 spiro atoms. The van der Waals surface area contributed by atoms with Gasteiger partial charge in [-0.25, -0.2) is 0 Å². The van der Waals surface area contributed by atoms with Gasteiger partial charge in [0, 0.05) is 11.4 Å². The average molecular weight is 331 g/mol. The Morgan fingerprint density at radius 2 is 1.78 bits per heavy atom. The Bertz CT molecular complexity index is 646. The highest BCUT2D eigenvalue weighted by molar-refractivity contribution is 8.00. The lowest BCUT2D eigenvalue weighted by atomic mass is 10.2. The second-order valence-corrected chi connectivity index (χ2v) is 6.39. The monoisotopic (exact) mass is 331 g/mol. The van der Waals surface area contributed by atoms with Gasteiger partial charge in [0.05, 0.1) is 19.5 Å². The number of carbonyl (C=O) groups is 1. The highest BCUT2D eigenvalue weighted by Gasteiger charge is 2.14. The zero-order chi connectivity index (χ0) is 16.7. The van der Waals surface area contributed by atoms with Crippen LogP contribution in [0.4, 0.5) is 0 Å². The van der Waals surface area contributed by atoms with Crippen molar-refractivity contribution in [2.24, 2.45) is 0 Å². The maximum Gasteiger partial charge on any atom is 0.233 e. The summed E-state index contributed by atoms with van der Waals surface area (Å²) in [5.41, 5.74) is 0.966. The summed E-state index contributed by atoms with van der Waals surface area (Å²) in [6.45, 7) is 2.36. The summed E-state index contributed by atoms with van der Waals surface area (Å²) in [5, 5.41) is 2.80. The fourth-order valence-electron chi connectivity index (χ4n) is 2.08. The highest BCUT2D eigenvalue weighted by atomic mass is 32.2. The topological polar surface area (TPSA) is 47.6 Å². The van der Waals surface area contributed by atoms with E-state index in [1.54, 1.807) is 26.0 Å². The number of hydrogen-bond donors (Lipinski definition) is 1. The molecule has 0 fully saturated rings. The summed E-state index contributed by atoms with van der Waals surface area (Å²) in [6, 6.07) is 15.5. The van der Waals surface area contributed by atoms with Crippen LogP contribution in [0.15, 0.2) is 53.4 Å². The maximum absolute atomic E-state index is 12.2. The van der Waals surface area contributed by atoms with E-state index in [9.17, 15) is 4.79 Å². The first-order valence-electron chi connectivity index (χ1n) is 7.34. The number of methoxy groups -OCH3 is 2. The van der Waals surface area contributed by atoms with Gasteiger partial charge in [0.15, 0.2) is 11.5 Å². The fraction of sp³-hybridized carbons (Fsp3) is 0.278. The Labute approximate surface area is 141 Å². The predicted molar refractivity (Wildman–Crippen MR) is 93.2 cm³/mol. The van der Waals surface area contributed by atoms with Crippen molar-refractivity contribution in [1.29, 1.82) is 0 Å². The molecule has 122 valence electrons. The van der Waals surface area contributed by atoms with Crippen LogP contribution in [0.3, 0.4) is 0 Å². The van der Waals surface area contributed by atoms with Gasteiger partial charge in [-0.3, -0.25) is 4.79 Å². The van der Waals surface area contributed by atoms with Crippen LogP contribution in [0.1, 0.15) is 12.5 Å². The molecule has 1 amide bonds. The molecule has 0 bridgehead atoms. The van der Waals surface area contributed by atoms with Crippen LogP contribution in [0.5, 0.6) is 11.5 Å². The van der Waals surface area contributed by atoms with Gasteiger partial charge in [0.1, 0.15) is 0 Å². The van der Waals surface area contributed by atoms with Crippen molar-refractivity contribution in [2.75, 3.05) is 14.2 Å². The van der Waals surface area contributed by atoms with Crippen LogP contribution in [-0.4, -0.2) is 25.4 Å². The van der Waals surface area contributed by atoms with E-state index >= 15 is 0 Å². The lowest BCUT2D eigenvalue weighted by Crippen LogP contribution is -2.30. The first kappa shape index (κ1) is 17.2. The van der Waals surface area contributed by atoms with E-state index in [4.69, 9.17) is 9.47 Å². The molecular formula is C18H21NO3S. The maximum atomic E-state index is 12.2. The van der Waals surface area contributed by atoms with Crippen molar-refractivity contribution in [2.45, 2.75) is 23.6 Å². The summed E-state index contributed by atoms with van der Waals surface area (Å²) < 4.78 is 10.5. The molecule has 0 heterocycles. The molecule has 23 heavy (non-hydrogen) atoms. The number of hydrogen-bond acceptors (Lipinski definition) is 4. The lowest BCUT2D eigenvalue weighted by Gasteiger charge is -2.13. The fourth-order valence-corrected chi connectivity index (χ4v) is 2.99. The number of benzene rings is 2. The van der Waals surface area contributed by atoms with E-state index in [1.807, 2.05) is 55.5 Å². The Balaban J connectivity index is 1.91. The lowest BCUT2D eigenvalue weighted by molar-refractivity contribution is -0.120. The Morgan fingerprint density at radius 1 is 1.09 bits per heavy atom. The van der Waals surface area contributed by atoms with Crippen LogP contribution in [0.2, 0.25) is 0 Å². The second kappa shape index (κ2) is 8.48. The molecular weight excluding hydrogens is 310 g/mol. The molecule has 2 rings (SSSR count). The highest BCUT2D eigenvalue weighted by Crippen LogP contribution is 2.27. The second-order valence-electron chi connectivity index (χ2n) is 4.98. The summed E-state index contributed by atoms with van der Waals surface area (Å²) >= 11 is 1.54. The van der Waals surface area contributed by atoms with Crippen molar-refractivity contribution in [3.63, 3.8) is 0 Å². The molecule has 0 aliphatic carbocycles. The van der Waals surface area contributed by atoms with E-state index in [0.29, 0.717) is 18.0 Å². The third-order valence-electron chi connectivity index (χ3n) is 3.34. The van der Waals surface area contributed by atoms with Gasteiger partial charge in [-0.05, 0) is 36.8 Å². The van der Waals surface area contributed by atoms with Crippen molar-refractivity contribution >= 4 is 17.7 Å². The van der Waals surface area contributed by atoms with Crippen molar-refractivity contribution in [3.8, 4) is 11.5 Å². The molecule has 2 aromatic carbocycles. The van der Waals surface area contributed by atoms with Crippen LogP contribution in [0.25, 0.3) is 0 Å². The van der Waals surface area contributed by atoms with Gasteiger partial charge in [0.25, 0.3) is 0 Å². The van der Waals surface area contributed by atoms with Crippen LogP contribution in [-0.2, 0) is 11.3 Å². The van der Waals surface area contributed by atoms with Gasteiger partial charge >= 0.3 is 0 Å². The molecule has 0 unspecified atom stereocenters. The zero-order valence-electron chi connectivity index (χ0n) is 13.5. The summed E-state index contributed by atoms with van der Waals surface area (Å²) in [5.74, 6) is 1.34. The number of amides is 1. The van der Waals surface area contributed by atoms with E-state index in [-0.39, 0.29) is 11.2 Å². The standard InChI is InChI=1S/C18H21NO3S/c1-13(23-15-7-5-4-6-8-15)18(20)19-12-14-9-10-16(21-2)17(11-14)22-3/h4-11,13H,12H2,1-3H3,(H,19,20)/t13-/m1/s1. The molecule has 1 atom stereocenters. The van der Waals surface area contributed by atoms with Gasteiger partial charge in [-0.15, -0.1) is 11.8 Å². The molecule has 0 aliphatic heterocycles. The number of carbonyl (C=O) groups excluding carboxylic acids is 1. The van der Waals surface area contributed by atoms with Gasteiger partial charge < -0.3 is 14.8 Å². The average Bonchev–Trinajstić information content (AvgIpc) is 2.60. The Kier molecular flexibility index (Phi) is 6.35. The summed E-state index contributed by atoms with van der Waals surface area (Å²) in [4.78, 5) is 13.3. The minimum Gasteiger partial charge on any atom is -0.493 e. The Hall–Kier alpha value is -2.14. The first-order chi connectivity index (χ1) is 11.1. The minimum absolute atomic E-state index is 0.00800. The minimum atomic E-state index is -0.155. The van der Waals surface area contributed by atoms with Crippen molar-refractivity contribution < 1.29 is 14.3 Å². The van der Waals surface area contributed by atoms with E-state index in [1.165, 1.54) is 0 Å². The quantitative estimate of drug-likeness (QED) is 0.789. The normalized spacial score (nSPS) is 11.6. The molecule has 2 aromatic rings. The van der Waals surface area contributed by atoms with Gasteiger partial charge in [-0.2, -0.15) is 0 Å². The predicted octanol–water partition coefficient (Wildman–Crippen LogP) is 3.50. The molecule has 0 saturated carbocycles. The molecule has 0 aromatic heterocycles. The van der Waals surface area contributed by atoms with E-state index < -0.39 is 0 Å². The summed E-state index contributed by atoms with van der Waals surface area (Å²) in [6.07, 6.45) is 0. The van der Waals surface area contributed by atoms with E-state index in [0.717, 1.165) is 10.5 Å². The van der Waals surface area contributed by atoms with Crippen LogP contribution >= 0.6 is 11.8 Å². The molecule has 1 N–H and O–H groups in total. The Morgan fingerprint density at radius 3 is 2.43 bits per heavy atom. The number of ether oxygens (including phenoxy) is 2. The number of rotatable bonds is 7. The first-order valence-corrected chi connectivity index (χ1v) is 8.22. The van der Waals surface area contributed by atoms with Crippen LogP contribution in [0, 0.1) is 0 Å². The SMILES string of the molecule is COc1ccc(CNC(=O)[C@@H](C)Sc2ccccc2)cc1OC. The molecule has 4 nitrogen and oxygen atoms in total. The number of thioether (sulfide) groups is 1.